The normalized spacial score (nSPS) is 11.5. The summed E-state index contributed by atoms with van der Waals surface area (Å²) >= 11 is 0. The molecule has 1 heterocycles. The molecule has 5 nitrogen and oxygen atoms in total. The van der Waals surface area contributed by atoms with Gasteiger partial charge in [-0.25, -0.2) is 0 Å². The van der Waals surface area contributed by atoms with Gasteiger partial charge in [-0.3, -0.25) is 14.6 Å². The van der Waals surface area contributed by atoms with Crippen LogP contribution in [0.4, 0.5) is 0 Å². The summed E-state index contributed by atoms with van der Waals surface area (Å²) < 4.78 is 0. The number of nitrogens with two attached hydrogens (primary N) is 1. The molecule has 1 aromatic rings. The minimum absolute atomic E-state index is 0.312. The molecule has 0 aliphatic carbocycles. The third kappa shape index (κ3) is 3.20. The van der Waals surface area contributed by atoms with E-state index in [1.807, 2.05) is 0 Å². The quantitative estimate of drug-likeness (QED) is 0.696. The summed E-state index contributed by atoms with van der Waals surface area (Å²) in [5.74, 6) is -0.935. The maximum atomic E-state index is 11.7. The van der Waals surface area contributed by atoms with E-state index in [9.17, 15) is 9.59 Å². The van der Waals surface area contributed by atoms with Gasteiger partial charge in [0.15, 0.2) is 0 Å². The fourth-order valence-corrected chi connectivity index (χ4v) is 1.16. The Bertz CT molecular complexity index is 389. The number of nitrogens with zero attached hydrogens (tertiary/aromatic N) is 1. The number of hydrogen-bond donors (Lipinski definition) is 2. The lowest BCUT2D eigenvalue weighted by Gasteiger charge is -2.13. The molecule has 16 heavy (non-hydrogen) atoms. The number of rotatable bonds is 5. The maximum absolute atomic E-state index is 11.7. The average molecular weight is 219 g/mol. The van der Waals surface area contributed by atoms with E-state index in [-0.39, 0.29) is 5.91 Å². The van der Waals surface area contributed by atoms with Crippen molar-refractivity contribution >= 4 is 11.8 Å². The van der Waals surface area contributed by atoms with Crippen molar-refractivity contribution in [2.45, 2.75) is 12.5 Å². The summed E-state index contributed by atoms with van der Waals surface area (Å²) in [6.45, 7) is 3.49. The molecule has 1 atom stereocenters. The lowest BCUT2D eigenvalue weighted by Crippen LogP contribution is -2.44. The standard InChI is InChI=1S/C11H13N3O2/c1-2-3-9(10(12)15)14-11(16)8-4-6-13-7-5-8/h2,4-7,9H,1,3H2,(H2,12,15)(H,14,16)/t9-/m0/s1. The second-order valence-corrected chi connectivity index (χ2v) is 3.19. The van der Waals surface area contributed by atoms with Crippen LogP contribution in [0.1, 0.15) is 16.8 Å². The Hall–Kier alpha value is -2.17. The van der Waals surface area contributed by atoms with Crippen LogP contribution in [0.5, 0.6) is 0 Å². The topological polar surface area (TPSA) is 85.1 Å². The van der Waals surface area contributed by atoms with Crippen LogP contribution >= 0.6 is 0 Å². The van der Waals surface area contributed by atoms with Crippen LogP contribution in [0.15, 0.2) is 37.2 Å². The lowest BCUT2D eigenvalue weighted by molar-refractivity contribution is -0.119. The van der Waals surface area contributed by atoms with Crippen LogP contribution < -0.4 is 11.1 Å². The van der Waals surface area contributed by atoms with Gasteiger partial charge in [-0.15, -0.1) is 6.58 Å². The van der Waals surface area contributed by atoms with Crippen molar-refractivity contribution < 1.29 is 9.59 Å². The zero-order valence-electron chi connectivity index (χ0n) is 8.72. The second-order valence-electron chi connectivity index (χ2n) is 3.19. The SMILES string of the molecule is C=CC[C@H](NC(=O)c1ccncc1)C(N)=O. The van der Waals surface area contributed by atoms with E-state index in [0.717, 1.165) is 0 Å². The monoisotopic (exact) mass is 219 g/mol. The molecule has 84 valence electrons. The van der Waals surface area contributed by atoms with Gasteiger partial charge in [0.2, 0.25) is 5.91 Å². The Morgan fingerprint density at radius 2 is 2.12 bits per heavy atom. The third-order valence-electron chi connectivity index (χ3n) is 1.99. The number of nitrogens with one attached hydrogen (secondary N) is 1. The van der Waals surface area contributed by atoms with Gasteiger partial charge in [-0.2, -0.15) is 0 Å². The Balaban J connectivity index is 2.69. The minimum atomic E-state index is -0.724. The largest absolute Gasteiger partial charge is 0.368 e. The first-order valence-electron chi connectivity index (χ1n) is 4.76. The highest BCUT2D eigenvalue weighted by Gasteiger charge is 2.16. The fraction of sp³-hybridized carbons (Fsp3) is 0.182. The van der Waals surface area contributed by atoms with Crippen molar-refractivity contribution in [2.24, 2.45) is 5.73 Å². The number of hydrogen-bond acceptors (Lipinski definition) is 3. The smallest absolute Gasteiger partial charge is 0.252 e. The van der Waals surface area contributed by atoms with Crippen LogP contribution in [-0.4, -0.2) is 22.8 Å². The summed E-state index contributed by atoms with van der Waals surface area (Å²) in [6, 6.07) is 2.39. The summed E-state index contributed by atoms with van der Waals surface area (Å²) in [5.41, 5.74) is 5.57. The van der Waals surface area contributed by atoms with Gasteiger partial charge >= 0.3 is 0 Å². The van der Waals surface area contributed by atoms with Crippen LogP contribution in [0.3, 0.4) is 0 Å². The molecule has 5 heteroatoms. The first-order chi connectivity index (χ1) is 7.65. The van der Waals surface area contributed by atoms with Crippen molar-refractivity contribution in [1.82, 2.24) is 10.3 Å². The van der Waals surface area contributed by atoms with E-state index >= 15 is 0 Å². The molecule has 1 rings (SSSR count). The third-order valence-corrected chi connectivity index (χ3v) is 1.99. The van der Waals surface area contributed by atoms with Gasteiger partial charge in [0.05, 0.1) is 0 Å². The van der Waals surface area contributed by atoms with E-state index in [1.165, 1.54) is 18.5 Å². The molecule has 0 bridgehead atoms. The average Bonchev–Trinajstić information content (AvgIpc) is 2.29. The van der Waals surface area contributed by atoms with E-state index in [1.54, 1.807) is 12.1 Å². The van der Waals surface area contributed by atoms with Crippen molar-refractivity contribution in [2.75, 3.05) is 0 Å². The number of primary amides is 1. The zero-order valence-corrected chi connectivity index (χ0v) is 8.72. The van der Waals surface area contributed by atoms with E-state index in [0.29, 0.717) is 12.0 Å². The highest BCUT2D eigenvalue weighted by molar-refractivity contribution is 5.97. The Morgan fingerprint density at radius 3 is 2.62 bits per heavy atom. The summed E-state index contributed by atoms with van der Waals surface area (Å²) in [6.07, 6.45) is 4.85. The highest BCUT2D eigenvalue weighted by atomic mass is 16.2. The van der Waals surface area contributed by atoms with Crippen LogP contribution in [0.2, 0.25) is 0 Å². The van der Waals surface area contributed by atoms with Gasteiger partial charge in [-0.1, -0.05) is 6.08 Å². The molecule has 0 aliphatic heterocycles. The molecule has 0 saturated carbocycles. The summed E-state index contributed by atoms with van der Waals surface area (Å²) in [7, 11) is 0. The van der Waals surface area contributed by atoms with E-state index < -0.39 is 11.9 Å². The molecular formula is C11H13N3O2. The predicted molar refractivity (Wildman–Crippen MR) is 59.5 cm³/mol. The molecule has 2 amide bonds. The van der Waals surface area contributed by atoms with Crippen molar-refractivity contribution in [3.05, 3.63) is 42.7 Å². The van der Waals surface area contributed by atoms with Crippen molar-refractivity contribution in [1.29, 1.82) is 0 Å². The predicted octanol–water partition coefficient (Wildman–Crippen LogP) is 0.241. The summed E-state index contributed by atoms with van der Waals surface area (Å²) in [5, 5.41) is 2.52. The van der Waals surface area contributed by atoms with E-state index in [4.69, 9.17) is 5.73 Å². The number of carbonyl (C=O) groups excluding carboxylic acids is 2. The van der Waals surface area contributed by atoms with Gasteiger partial charge in [-0.05, 0) is 18.6 Å². The molecule has 0 radical (unpaired) electrons. The first kappa shape index (κ1) is 11.9. The number of pyridine rings is 1. The molecule has 0 spiro atoms. The zero-order chi connectivity index (χ0) is 12.0. The fourth-order valence-electron chi connectivity index (χ4n) is 1.16. The minimum Gasteiger partial charge on any atom is -0.368 e. The van der Waals surface area contributed by atoms with Crippen molar-refractivity contribution in [3.63, 3.8) is 0 Å². The number of amides is 2. The lowest BCUT2D eigenvalue weighted by atomic mass is 10.1. The number of aromatic nitrogens is 1. The number of carbonyl (C=O) groups is 2. The first-order valence-corrected chi connectivity index (χ1v) is 4.76. The van der Waals surface area contributed by atoms with Crippen LogP contribution in [-0.2, 0) is 4.79 Å². The summed E-state index contributed by atoms with van der Waals surface area (Å²) in [4.78, 5) is 26.4. The Kier molecular flexibility index (Phi) is 4.20. The molecule has 3 N–H and O–H groups in total. The van der Waals surface area contributed by atoms with Crippen LogP contribution in [0.25, 0.3) is 0 Å². The van der Waals surface area contributed by atoms with Crippen LogP contribution in [0, 0.1) is 0 Å². The van der Waals surface area contributed by atoms with Gasteiger partial charge in [0, 0.05) is 18.0 Å². The Morgan fingerprint density at radius 1 is 1.50 bits per heavy atom. The molecule has 0 aromatic carbocycles. The van der Waals surface area contributed by atoms with Gasteiger partial charge in [0.25, 0.3) is 5.91 Å². The van der Waals surface area contributed by atoms with E-state index in [2.05, 4.69) is 16.9 Å². The highest BCUT2D eigenvalue weighted by Crippen LogP contribution is 1.99. The van der Waals surface area contributed by atoms with Gasteiger partial charge in [0.1, 0.15) is 6.04 Å². The second kappa shape index (κ2) is 5.65. The molecule has 0 fully saturated rings. The maximum Gasteiger partial charge on any atom is 0.252 e. The molecule has 0 saturated heterocycles. The molecule has 1 aromatic heterocycles. The van der Waals surface area contributed by atoms with Crippen molar-refractivity contribution in [3.8, 4) is 0 Å². The van der Waals surface area contributed by atoms with Gasteiger partial charge < -0.3 is 11.1 Å². The Labute approximate surface area is 93.4 Å². The molecule has 0 aliphatic rings. The molecule has 0 unspecified atom stereocenters. The molecular weight excluding hydrogens is 206 g/mol.